The summed E-state index contributed by atoms with van der Waals surface area (Å²) in [7, 11) is -2.01. The van der Waals surface area contributed by atoms with Gasteiger partial charge in [0.2, 0.25) is 10.0 Å². The molecule has 7 nitrogen and oxygen atoms in total. The van der Waals surface area contributed by atoms with E-state index in [2.05, 4.69) is 10.1 Å². The average molecular weight is 301 g/mol. The van der Waals surface area contributed by atoms with Crippen LogP contribution in [-0.2, 0) is 19.5 Å². The highest BCUT2D eigenvalue weighted by Gasteiger charge is 2.36. The van der Waals surface area contributed by atoms with Crippen LogP contribution in [0, 0.1) is 0 Å². The number of hydrogen-bond acceptors (Lipinski definition) is 6. The number of anilines is 1. The molecule has 0 saturated carbocycles. The van der Waals surface area contributed by atoms with Crippen LogP contribution in [0.2, 0.25) is 0 Å². The third kappa shape index (κ3) is 3.28. The van der Waals surface area contributed by atoms with E-state index in [0.29, 0.717) is 25.3 Å². The van der Waals surface area contributed by atoms with Crippen molar-refractivity contribution in [2.45, 2.75) is 16.9 Å². The molecule has 1 aromatic carbocycles. The zero-order chi connectivity index (χ0) is 14.6. The van der Waals surface area contributed by atoms with Crippen LogP contribution in [0.1, 0.15) is 6.42 Å². The standard InChI is InChI=1S/C12H19N3O4S/c1-18-12(6-7-19-9-12)8-14-20(16,17)11-4-2-10(15-13)3-5-11/h2-5,14-15H,6-9,13H2,1H3. The summed E-state index contributed by atoms with van der Waals surface area (Å²) in [5, 5.41) is 0. The first-order valence-corrected chi connectivity index (χ1v) is 7.69. The molecule has 1 fully saturated rings. The Labute approximate surface area is 118 Å². The van der Waals surface area contributed by atoms with E-state index in [1.54, 1.807) is 19.2 Å². The summed E-state index contributed by atoms with van der Waals surface area (Å²) in [5.41, 5.74) is 2.51. The molecule has 1 atom stereocenters. The fourth-order valence-corrected chi connectivity index (χ4v) is 3.12. The number of rotatable bonds is 6. The number of ether oxygens (including phenoxy) is 2. The lowest BCUT2D eigenvalue weighted by atomic mass is 10.0. The smallest absolute Gasteiger partial charge is 0.240 e. The first-order valence-electron chi connectivity index (χ1n) is 6.21. The van der Waals surface area contributed by atoms with Gasteiger partial charge < -0.3 is 14.9 Å². The normalized spacial score (nSPS) is 22.9. The van der Waals surface area contributed by atoms with Crippen molar-refractivity contribution in [1.82, 2.24) is 4.72 Å². The fraction of sp³-hybridized carbons (Fsp3) is 0.500. The first kappa shape index (κ1) is 15.2. The highest BCUT2D eigenvalue weighted by Crippen LogP contribution is 2.22. The van der Waals surface area contributed by atoms with Crippen molar-refractivity contribution in [3.8, 4) is 0 Å². The third-order valence-electron chi connectivity index (χ3n) is 3.42. The van der Waals surface area contributed by atoms with Crippen LogP contribution in [0.15, 0.2) is 29.2 Å². The maximum atomic E-state index is 12.2. The Morgan fingerprint density at radius 3 is 2.60 bits per heavy atom. The SMILES string of the molecule is COC1(CNS(=O)(=O)c2ccc(NN)cc2)CCOC1. The van der Waals surface area contributed by atoms with Crippen molar-refractivity contribution >= 4 is 15.7 Å². The van der Waals surface area contributed by atoms with Crippen LogP contribution in [-0.4, -0.2) is 40.9 Å². The molecular weight excluding hydrogens is 282 g/mol. The van der Waals surface area contributed by atoms with E-state index in [-0.39, 0.29) is 11.4 Å². The van der Waals surface area contributed by atoms with E-state index in [0.717, 1.165) is 0 Å². The number of sulfonamides is 1. The molecule has 1 aliphatic rings. The van der Waals surface area contributed by atoms with Gasteiger partial charge in [-0.3, -0.25) is 5.84 Å². The topological polar surface area (TPSA) is 103 Å². The van der Waals surface area contributed by atoms with Crippen molar-refractivity contribution in [3.05, 3.63) is 24.3 Å². The summed E-state index contributed by atoms with van der Waals surface area (Å²) >= 11 is 0. The highest BCUT2D eigenvalue weighted by molar-refractivity contribution is 7.89. The van der Waals surface area contributed by atoms with Crippen LogP contribution >= 0.6 is 0 Å². The monoisotopic (exact) mass is 301 g/mol. The lowest BCUT2D eigenvalue weighted by molar-refractivity contribution is -0.0120. The van der Waals surface area contributed by atoms with E-state index in [1.165, 1.54) is 12.1 Å². The van der Waals surface area contributed by atoms with Crippen molar-refractivity contribution in [3.63, 3.8) is 0 Å². The summed E-state index contributed by atoms with van der Waals surface area (Å²) < 4.78 is 37.6. The number of nitrogen functional groups attached to an aromatic ring is 1. The summed E-state index contributed by atoms with van der Waals surface area (Å²) in [6.45, 7) is 1.15. The fourth-order valence-electron chi connectivity index (χ4n) is 2.00. The second-order valence-electron chi connectivity index (χ2n) is 4.68. The van der Waals surface area contributed by atoms with Crippen LogP contribution < -0.4 is 16.0 Å². The predicted octanol–water partition coefficient (Wildman–Crippen LogP) is 0.0560. The third-order valence-corrected chi connectivity index (χ3v) is 4.83. The zero-order valence-electron chi connectivity index (χ0n) is 11.3. The van der Waals surface area contributed by atoms with Crippen LogP contribution in [0.4, 0.5) is 5.69 Å². The molecule has 0 spiro atoms. The number of nitrogens with one attached hydrogen (secondary N) is 2. The lowest BCUT2D eigenvalue weighted by Crippen LogP contribution is -2.44. The van der Waals surface area contributed by atoms with Gasteiger partial charge in [-0.15, -0.1) is 0 Å². The Kier molecular flexibility index (Phi) is 4.61. The molecule has 4 N–H and O–H groups in total. The minimum atomic E-state index is -3.58. The molecule has 0 radical (unpaired) electrons. The van der Waals surface area contributed by atoms with Crippen LogP contribution in [0.25, 0.3) is 0 Å². The van der Waals surface area contributed by atoms with E-state index in [4.69, 9.17) is 15.3 Å². The summed E-state index contributed by atoms with van der Waals surface area (Å²) in [6.07, 6.45) is 0.669. The van der Waals surface area contributed by atoms with E-state index >= 15 is 0 Å². The molecule has 20 heavy (non-hydrogen) atoms. The molecule has 1 aliphatic heterocycles. The molecule has 1 saturated heterocycles. The van der Waals surface area contributed by atoms with E-state index in [1.807, 2.05) is 0 Å². The van der Waals surface area contributed by atoms with Crippen molar-refractivity contribution in [2.75, 3.05) is 32.3 Å². The van der Waals surface area contributed by atoms with Crippen molar-refractivity contribution < 1.29 is 17.9 Å². The maximum absolute atomic E-state index is 12.2. The molecular formula is C12H19N3O4S. The molecule has 1 heterocycles. The molecule has 1 aromatic rings. The number of nitrogens with two attached hydrogens (primary N) is 1. The van der Waals surface area contributed by atoms with Gasteiger partial charge in [-0.05, 0) is 24.3 Å². The first-order chi connectivity index (χ1) is 9.51. The van der Waals surface area contributed by atoms with Gasteiger partial charge in [0.1, 0.15) is 5.60 Å². The van der Waals surface area contributed by atoms with Crippen molar-refractivity contribution in [1.29, 1.82) is 0 Å². The summed E-state index contributed by atoms with van der Waals surface area (Å²) in [5.74, 6) is 5.24. The molecule has 2 rings (SSSR count). The molecule has 0 aliphatic carbocycles. The molecule has 0 amide bonds. The van der Waals surface area contributed by atoms with Crippen LogP contribution in [0.5, 0.6) is 0 Å². The second-order valence-corrected chi connectivity index (χ2v) is 6.45. The van der Waals surface area contributed by atoms with Gasteiger partial charge in [0.25, 0.3) is 0 Å². The van der Waals surface area contributed by atoms with Gasteiger partial charge in [0.15, 0.2) is 0 Å². The maximum Gasteiger partial charge on any atom is 0.240 e. The van der Waals surface area contributed by atoms with E-state index < -0.39 is 15.6 Å². The number of hydrogen-bond donors (Lipinski definition) is 3. The Bertz CT molecular complexity index is 538. The predicted molar refractivity (Wildman–Crippen MR) is 74.6 cm³/mol. The van der Waals surface area contributed by atoms with Gasteiger partial charge >= 0.3 is 0 Å². The lowest BCUT2D eigenvalue weighted by Gasteiger charge is -2.25. The van der Waals surface area contributed by atoms with Gasteiger partial charge in [-0.2, -0.15) is 0 Å². The molecule has 0 bridgehead atoms. The Morgan fingerprint density at radius 1 is 1.40 bits per heavy atom. The van der Waals surface area contributed by atoms with Gasteiger partial charge in [-0.1, -0.05) is 0 Å². The average Bonchev–Trinajstić information content (AvgIpc) is 2.95. The highest BCUT2D eigenvalue weighted by atomic mass is 32.2. The quantitative estimate of drug-likeness (QED) is 0.507. The minimum Gasteiger partial charge on any atom is -0.378 e. The number of benzene rings is 1. The Morgan fingerprint density at radius 2 is 2.10 bits per heavy atom. The molecule has 112 valence electrons. The zero-order valence-corrected chi connectivity index (χ0v) is 12.1. The van der Waals surface area contributed by atoms with E-state index in [9.17, 15) is 8.42 Å². The number of methoxy groups -OCH3 is 1. The summed E-state index contributed by atoms with van der Waals surface area (Å²) in [6, 6.07) is 6.17. The van der Waals surface area contributed by atoms with Gasteiger partial charge in [0.05, 0.1) is 11.5 Å². The molecule has 8 heteroatoms. The Hall–Kier alpha value is -1.19. The molecule has 0 aromatic heterocycles. The molecule has 1 unspecified atom stereocenters. The van der Waals surface area contributed by atoms with Crippen LogP contribution in [0.3, 0.4) is 0 Å². The largest absolute Gasteiger partial charge is 0.378 e. The van der Waals surface area contributed by atoms with Gasteiger partial charge in [-0.25, -0.2) is 13.1 Å². The van der Waals surface area contributed by atoms with Gasteiger partial charge in [0, 0.05) is 32.4 Å². The Balaban J connectivity index is 2.06. The summed E-state index contributed by atoms with van der Waals surface area (Å²) in [4.78, 5) is 0.182. The number of hydrazine groups is 1. The van der Waals surface area contributed by atoms with Crippen molar-refractivity contribution in [2.24, 2.45) is 5.84 Å². The second kappa shape index (κ2) is 6.06. The minimum absolute atomic E-state index is 0.182.